The summed E-state index contributed by atoms with van der Waals surface area (Å²) in [5.41, 5.74) is 0. The molecule has 0 rings (SSSR count). The SMILES string of the molecule is CC/C=C\C/C=C\C/C=C\C/C=C\C/C=C\C/C=C\C/C=C\C/C=C\C/C=C\C/C=C\CCCCC(=O)OC(CO)COC(=O)CCCCCC/C=C\C/C=C\C/C=C\C/C=C\C/C=C\C/C=C\C/C=C\C/C=C\CC. The molecule has 0 saturated heterocycles. The van der Waals surface area contributed by atoms with Crippen molar-refractivity contribution in [3.63, 3.8) is 0 Å². The number of rotatable bonds is 50. The highest BCUT2D eigenvalue weighted by Gasteiger charge is 2.16. The van der Waals surface area contributed by atoms with Gasteiger partial charge in [-0.2, -0.15) is 0 Å². The van der Waals surface area contributed by atoms with Crippen LogP contribution >= 0.6 is 0 Å². The van der Waals surface area contributed by atoms with Crippen molar-refractivity contribution in [1.82, 2.24) is 0 Å². The van der Waals surface area contributed by atoms with E-state index in [1.807, 2.05) is 0 Å². The van der Waals surface area contributed by atoms with Crippen molar-refractivity contribution in [2.24, 2.45) is 0 Å². The van der Waals surface area contributed by atoms with E-state index in [0.717, 1.165) is 161 Å². The first kappa shape index (κ1) is 70.2. The molecule has 5 nitrogen and oxygen atoms in total. The number of unbranched alkanes of at least 4 members (excludes halogenated alkanes) is 6. The van der Waals surface area contributed by atoms with E-state index in [-0.39, 0.29) is 31.6 Å². The van der Waals surface area contributed by atoms with E-state index >= 15 is 0 Å². The summed E-state index contributed by atoms with van der Waals surface area (Å²) in [6.45, 7) is 3.83. The Morgan fingerprint density at radius 3 is 0.803 bits per heavy atom. The van der Waals surface area contributed by atoms with E-state index in [1.54, 1.807) is 0 Å². The zero-order chi connectivity index (χ0) is 54.8. The molecule has 0 aliphatic heterocycles. The van der Waals surface area contributed by atoms with Crippen LogP contribution in [0.1, 0.15) is 194 Å². The number of aliphatic hydroxyl groups is 1. The fraction of sp³-hybridized carbons (Fsp3) is 0.465. The van der Waals surface area contributed by atoms with Crippen molar-refractivity contribution in [2.75, 3.05) is 13.2 Å². The lowest BCUT2D eigenvalue weighted by Crippen LogP contribution is -2.28. The Morgan fingerprint density at radius 2 is 0.526 bits per heavy atom. The van der Waals surface area contributed by atoms with Gasteiger partial charge in [0.15, 0.2) is 6.10 Å². The zero-order valence-corrected chi connectivity index (χ0v) is 47.7. The van der Waals surface area contributed by atoms with Gasteiger partial charge in [0, 0.05) is 12.8 Å². The van der Waals surface area contributed by atoms with E-state index in [1.165, 1.54) is 0 Å². The van der Waals surface area contributed by atoms with Crippen molar-refractivity contribution in [3.05, 3.63) is 219 Å². The predicted octanol–water partition coefficient (Wildman–Crippen LogP) is 20.4. The Bertz CT molecular complexity index is 1890. The molecule has 418 valence electrons. The van der Waals surface area contributed by atoms with Gasteiger partial charge >= 0.3 is 11.9 Å². The summed E-state index contributed by atoms with van der Waals surface area (Å²) in [7, 11) is 0. The molecule has 0 aliphatic carbocycles. The van der Waals surface area contributed by atoms with E-state index in [4.69, 9.17) is 9.47 Å². The van der Waals surface area contributed by atoms with Crippen LogP contribution in [0.5, 0.6) is 0 Å². The normalized spacial score (nSPS) is 13.9. The van der Waals surface area contributed by atoms with E-state index < -0.39 is 6.10 Å². The summed E-state index contributed by atoms with van der Waals surface area (Å²) in [6.07, 6.45) is 105. The topological polar surface area (TPSA) is 72.8 Å². The van der Waals surface area contributed by atoms with Gasteiger partial charge in [-0.15, -0.1) is 0 Å². The number of carbonyl (C=O) groups excluding carboxylic acids is 2. The van der Waals surface area contributed by atoms with Crippen molar-refractivity contribution in [2.45, 2.75) is 200 Å². The number of carbonyl (C=O) groups is 2. The quantitative estimate of drug-likeness (QED) is 0.0373. The molecule has 0 aromatic rings. The van der Waals surface area contributed by atoms with Gasteiger partial charge in [-0.25, -0.2) is 0 Å². The van der Waals surface area contributed by atoms with E-state index in [2.05, 4.69) is 233 Å². The predicted molar refractivity (Wildman–Crippen MR) is 333 cm³/mol. The number of hydrogen-bond donors (Lipinski definition) is 1. The molecule has 76 heavy (non-hydrogen) atoms. The third-order valence-corrected chi connectivity index (χ3v) is 11.3. The van der Waals surface area contributed by atoms with Crippen LogP contribution in [-0.4, -0.2) is 36.4 Å². The molecule has 1 atom stereocenters. The maximum Gasteiger partial charge on any atom is 0.306 e. The van der Waals surface area contributed by atoms with Gasteiger partial charge < -0.3 is 14.6 Å². The zero-order valence-electron chi connectivity index (χ0n) is 47.7. The first-order valence-corrected chi connectivity index (χ1v) is 29.3. The molecule has 0 aromatic heterocycles. The van der Waals surface area contributed by atoms with Crippen LogP contribution < -0.4 is 0 Å². The number of esters is 2. The van der Waals surface area contributed by atoms with Gasteiger partial charge in [-0.3, -0.25) is 9.59 Å². The average Bonchev–Trinajstić information content (AvgIpc) is 3.42. The Kier molecular flexibility index (Phi) is 58.7. The first-order chi connectivity index (χ1) is 37.6. The third-order valence-electron chi connectivity index (χ3n) is 11.3. The summed E-state index contributed by atoms with van der Waals surface area (Å²) in [6, 6.07) is 0. The van der Waals surface area contributed by atoms with Gasteiger partial charge in [0.05, 0.1) is 6.61 Å². The lowest BCUT2D eigenvalue weighted by molar-refractivity contribution is -0.161. The molecule has 0 spiro atoms. The van der Waals surface area contributed by atoms with E-state index in [9.17, 15) is 14.7 Å². The van der Waals surface area contributed by atoms with Crippen LogP contribution in [0.15, 0.2) is 219 Å². The fourth-order valence-corrected chi connectivity index (χ4v) is 6.95. The molecule has 0 heterocycles. The molecule has 1 unspecified atom stereocenters. The molecule has 0 saturated carbocycles. The summed E-state index contributed by atoms with van der Waals surface area (Å²) < 4.78 is 10.6. The van der Waals surface area contributed by atoms with Crippen LogP contribution in [0.2, 0.25) is 0 Å². The Labute approximate surface area is 465 Å². The molecule has 0 aromatic carbocycles. The van der Waals surface area contributed by atoms with Gasteiger partial charge in [0.2, 0.25) is 0 Å². The van der Waals surface area contributed by atoms with Gasteiger partial charge in [-0.1, -0.05) is 245 Å². The van der Waals surface area contributed by atoms with Gasteiger partial charge in [0.25, 0.3) is 0 Å². The number of hydrogen-bond acceptors (Lipinski definition) is 5. The largest absolute Gasteiger partial charge is 0.462 e. The molecule has 0 aliphatic rings. The van der Waals surface area contributed by atoms with Crippen LogP contribution in [0.3, 0.4) is 0 Å². The molecule has 5 heteroatoms. The highest BCUT2D eigenvalue weighted by molar-refractivity contribution is 5.70. The fourth-order valence-electron chi connectivity index (χ4n) is 6.95. The summed E-state index contributed by atoms with van der Waals surface area (Å²) in [5, 5.41) is 9.65. The Morgan fingerprint density at radius 1 is 0.303 bits per heavy atom. The minimum Gasteiger partial charge on any atom is -0.462 e. The summed E-state index contributed by atoms with van der Waals surface area (Å²) >= 11 is 0. The number of ether oxygens (including phenoxy) is 2. The monoisotopic (exact) mass is 1040 g/mol. The molecule has 1 N–H and O–H groups in total. The molecule has 0 radical (unpaired) electrons. The van der Waals surface area contributed by atoms with Crippen molar-refractivity contribution in [3.8, 4) is 0 Å². The highest BCUT2D eigenvalue weighted by Crippen LogP contribution is 2.10. The minimum atomic E-state index is -0.827. The molecular formula is C71H104O5. The number of aliphatic hydroxyl groups excluding tert-OH is 1. The summed E-state index contributed by atoms with van der Waals surface area (Å²) in [4.78, 5) is 24.5. The number of allylic oxidation sites excluding steroid dienone is 36. The van der Waals surface area contributed by atoms with Crippen LogP contribution in [0.25, 0.3) is 0 Å². The lowest BCUT2D eigenvalue weighted by atomic mass is 10.1. The standard InChI is InChI=1S/C71H104O5/c1-3-5-7-9-11-13-15-17-19-21-23-25-27-29-31-33-34-35-36-38-40-42-44-46-48-50-52-54-56-58-60-62-64-66-71(74)76-69(67-72)68-75-70(73)65-63-61-59-57-55-53-51-49-47-45-43-41-39-37-32-30-28-26-24-22-20-18-16-14-12-10-8-6-4-2/h5-8,11-14,17-20,23-26,29-32,34-35,38-41,44-47,50-53,56,58,69,72H,3-4,9-10,15-16,21-22,27-28,33,36-37,42-43,48-49,54-55,57,59-68H2,1-2H3/b7-5-,8-6-,13-11-,14-12-,19-17-,20-18-,25-23-,26-24-,31-29-,32-30-,35-34-,40-38-,41-39-,46-44-,47-45-,52-50-,53-51-,58-56-. The lowest BCUT2D eigenvalue weighted by Gasteiger charge is -2.15. The van der Waals surface area contributed by atoms with Crippen LogP contribution in [-0.2, 0) is 19.1 Å². The van der Waals surface area contributed by atoms with Crippen molar-refractivity contribution in [1.29, 1.82) is 0 Å². The van der Waals surface area contributed by atoms with E-state index in [0.29, 0.717) is 12.8 Å². The first-order valence-electron chi connectivity index (χ1n) is 29.3. The van der Waals surface area contributed by atoms with Crippen molar-refractivity contribution >= 4 is 11.9 Å². The van der Waals surface area contributed by atoms with Crippen LogP contribution in [0, 0.1) is 0 Å². The second-order valence-corrected chi connectivity index (χ2v) is 18.2. The maximum absolute atomic E-state index is 12.3. The third kappa shape index (κ3) is 60.8. The maximum atomic E-state index is 12.3. The Balaban J connectivity index is 3.76. The highest BCUT2D eigenvalue weighted by atomic mass is 16.6. The Hall–Kier alpha value is -5.78. The summed E-state index contributed by atoms with van der Waals surface area (Å²) in [5.74, 6) is -0.693. The van der Waals surface area contributed by atoms with Gasteiger partial charge in [0.1, 0.15) is 6.61 Å². The second-order valence-electron chi connectivity index (χ2n) is 18.2. The second kappa shape index (κ2) is 63.5. The van der Waals surface area contributed by atoms with Crippen LogP contribution in [0.4, 0.5) is 0 Å². The van der Waals surface area contributed by atoms with Gasteiger partial charge in [-0.05, 0) is 154 Å². The smallest absolute Gasteiger partial charge is 0.306 e. The molecular weight excluding hydrogens is 933 g/mol. The molecule has 0 bridgehead atoms. The average molecular weight is 1040 g/mol. The molecule has 0 amide bonds. The molecule has 0 fully saturated rings. The van der Waals surface area contributed by atoms with Crippen molar-refractivity contribution < 1.29 is 24.2 Å². The minimum absolute atomic E-state index is 0.115.